The van der Waals surface area contributed by atoms with Crippen molar-refractivity contribution in [2.45, 2.75) is 77.5 Å². The molecule has 2 aliphatic rings. The molecule has 2 amide bonds. The van der Waals surface area contributed by atoms with E-state index in [4.69, 9.17) is 9.26 Å². The van der Waals surface area contributed by atoms with Gasteiger partial charge in [-0.1, -0.05) is 24.0 Å². The number of aromatic nitrogens is 1. The van der Waals surface area contributed by atoms with Crippen LogP contribution < -0.4 is 10.9 Å². The number of hydrogen-bond acceptors (Lipinski definition) is 5. The van der Waals surface area contributed by atoms with Crippen LogP contribution in [0.25, 0.3) is 0 Å². The first-order valence-corrected chi connectivity index (χ1v) is 9.27. The second-order valence-corrected chi connectivity index (χ2v) is 8.03. The van der Waals surface area contributed by atoms with Crippen LogP contribution in [0.2, 0.25) is 0 Å². The smallest absolute Gasteiger partial charge is 0.410 e. The second kappa shape index (κ2) is 7.17. The monoisotopic (exact) mass is 365 g/mol. The van der Waals surface area contributed by atoms with Gasteiger partial charge in [0.15, 0.2) is 5.76 Å². The summed E-state index contributed by atoms with van der Waals surface area (Å²) in [5.41, 5.74) is -0.565. The van der Waals surface area contributed by atoms with Gasteiger partial charge in [0.05, 0.1) is 12.1 Å². The average molecular weight is 365 g/mol. The van der Waals surface area contributed by atoms with Gasteiger partial charge in [-0.2, -0.15) is 0 Å². The molecular formula is C18H27N3O5. The van der Waals surface area contributed by atoms with Crippen molar-refractivity contribution in [3.05, 3.63) is 21.7 Å². The second-order valence-electron chi connectivity index (χ2n) is 8.03. The Labute approximate surface area is 152 Å². The van der Waals surface area contributed by atoms with E-state index in [0.717, 1.165) is 30.4 Å². The lowest BCUT2D eigenvalue weighted by Crippen LogP contribution is -2.42. The molecule has 0 radical (unpaired) electrons. The highest BCUT2D eigenvalue weighted by molar-refractivity contribution is 5.75. The Morgan fingerprint density at radius 1 is 1.19 bits per heavy atom. The van der Waals surface area contributed by atoms with E-state index in [1.807, 2.05) is 0 Å². The fourth-order valence-corrected chi connectivity index (χ4v) is 3.41. The SMILES string of the molecule is CC(C)(C)OC(=O)N1CCc2c(on(C(=O)NC3CCCCC3)c2=O)C1. The molecule has 2 heterocycles. The number of carbonyl (C=O) groups is 2. The minimum Gasteiger partial charge on any atom is -0.444 e. The molecule has 1 aliphatic carbocycles. The Kier molecular flexibility index (Phi) is 5.11. The molecule has 0 unspecified atom stereocenters. The molecule has 144 valence electrons. The molecule has 1 N–H and O–H groups in total. The molecular weight excluding hydrogens is 338 g/mol. The summed E-state index contributed by atoms with van der Waals surface area (Å²) in [6.45, 7) is 5.88. The fraction of sp³-hybridized carbons (Fsp3) is 0.722. The van der Waals surface area contributed by atoms with E-state index in [1.165, 1.54) is 11.3 Å². The Balaban J connectivity index is 1.70. The van der Waals surface area contributed by atoms with Crippen LogP contribution >= 0.6 is 0 Å². The van der Waals surface area contributed by atoms with Crippen LogP contribution in [0.4, 0.5) is 9.59 Å². The lowest BCUT2D eigenvalue weighted by molar-refractivity contribution is 0.0203. The zero-order valence-electron chi connectivity index (χ0n) is 15.7. The van der Waals surface area contributed by atoms with E-state index in [-0.39, 0.29) is 12.6 Å². The summed E-state index contributed by atoms with van der Waals surface area (Å²) >= 11 is 0. The largest absolute Gasteiger partial charge is 0.444 e. The van der Waals surface area contributed by atoms with E-state index in [2.05, 4.69) is 5.32 Å². The molecule has 1 fully saturated rings. The maximum atomic E-state index is 12.5. The fourth-order valence-electron chi connectivity index (χ4n) is 3.41. The number of ether oxygens (including phenoxy) is 1. The molecule has 8 nitrogen and oxygen atoms in total. The molecule has 0 aromatic carbocycles. The molecule has 1 aromatic rings. The minimum atomic E-state index is -0.593. The van der Waals surface area contributed by atoms with Crippen LogP contribution in [0, 0.1) is 0 Å². The van der Waals surface area contributed by atoms with Crippen molar-refractivity contribution >= 4 is 12.1 Å². The maximum absolute atomic E-state index is 12.5. The van der Waals surface area contributed by atoms with Gasteiger partial charge in [0.25, 0.3) is 5.56 Å². The quantitative estimate of drug-likeness (QED) is 0.826. The van der Waals surface area contributed by atoms with Crippen molar-refractivity contribution in [1.82, 2.24) is 15.0 Å². The minimum absolute atomic E-state index is 0.0866. The molecule has 8 heteroatoms. The van der Waals surface area contributed by atoms with Gasteiger partial charge in [0.2, 0.25) is 0 Å². The van der Waals surface area contributed by atoms with Gasteiger partial charge in [-0.15, -0.1) is 0 Å². The molecule has 3 rings (SSSR count). The van der Waals surface area contributed by atoms with Crippen molar-refractivity contribution in [3.8, 4) is 0 Å². The third kappa shape index (κ3) is 4.11. The van der Waals surface area contributed by atoms with Gasteiger partial charge in [0.1, 0.15) is 5.60 Å². The van der Waals surface area contributed by atoms with Crippen LogP contribution in [-0.2, 0) is 17.7 Å². The maximum Gasteiger partial charge on any atom is 0.410 e. The van der Waals surface area contributed by atoms with Crippen molar-refractivity contribution < 1.29 is 18.8 Å². The first kappa shape index (κ1) is 18.5. The molecule has 1 aromatic heterocycles. The predicted octanol–water partition coefficient (Wildman–Crippen LogP) is 2.62. The third-order valence-electron chi connectivity index (χ3n) is 4.72. The third-order valence-corrected chi connectivity index (χ3v) is 4.72. The average Bonchev–Trinajstić information content (AvgIpc) is 2.91. The molecule has 0 atom stereocenters. The van der Waals surface area contributed by atoms with Crippen molar-refractivity contribution in [2.75, 3.05) is 6.54 Å². The summed E-state index contributed by atoms with van der Waals surface area (Å²) < 4.78 is 11.6. The Morgan fingerprint density at radius 2 is 1.88 bits per heavy atom. The molecule has 26 heavy (non-hydrogen) atoms. The summed E-state index contributed by atoms with van der Waals surface area (Å²) in [4.78, 5) is 38.6. The summed E-state index contributed by atoms with van der Waals surface area (Å²) in [7, 11) is 0. The van der Waals surface area contributed by atoms with Gasteiger partial charge in [0, 0.05) is 12.6 Å². The van der Waals surface area contributed by atoms with Crippen LogP contribution in [0.5, 0.6) is 0 Å². The van der Waals surface area contributed by atoms with E-state index in [1.54, 1.807) is 20.8 Å². The lowest BCUT2D eigenvalue weighted by Gasteiger charge is -2.28. The number of carbonyl (C=O) groups excluding carboxylic acids is 2. The van der Waals surface area contributed by atoms with E-state index < -0.39 is 23.3 Å². The van der Waals surface area contributed by atoms with Crippen molar-refractivity contribution in [1.29, 1.82) is 0 Å². The van der Waals surface area contributed by atoms with Crippen LogP contribution in [0.15, 0.2) is 9.32 Å². The Hall–Kier alpha value is -2.25. The number of rotatable bonds is 1. The van der Waals surface area contributed by atoms with E-state index >= 15 is 0 Å². The molecule has 0 saturated heterocycles. The highest BCUT2D eigenvalue weighted by Crippen LogP contribution is 2.20. The highest BCUT2D eigenvalue weighted by Gasteiger charge is 2.31. The summed E-state index contributed by atoms with van der Waals surface area (Å²) in [6, 6.07) is -0.441. The van der Waals surface area contributed by atoms with Crippen LogP contribution in [0.3, 0.4) is 0 Å². The van der Waals surface area contributed by atoms with Crippen molar-refractivity contribution in [2.24, 2.45) is 0 Å². The van der Waals surface area contributed by atoms with E-state index in [9.17, 15) is 14.4 Å². The van der Waals surface area contributed by atoms with Gasteiger partial charge < -0.3 is 19.5 Å². The first-order valence-electron chi connectivity index (χ1n) is 9.27. The first-order chi connectivity index (χ1) is 12.2. The molecule has 0 spiro atoms. The number of amides is 2. The van der Waals surface area contributed by atoms with Gasteiger partial charge in [-0.25, -0.2) is 9.59 Å². The van der Waals surface area contributed by atoms with Gasteiger partial charge in [-0.3, -0.25) is 4.79 Å². The van der Waals surface area contributed by atoms with Gasteiger partial charge >= 0.3 is 12.1 Å². The summed E-state index contributed by atoms with van der Waals surface area (Å²) in [5, 5.41) is 2.88. The van der Waals surface area contributed by atoms with Crippen LogP contribution in [-0.4, -0.2) is 40.0 Å². The lowest BCUT2D eigenvalue weighted by atomic mass is 9.96. The Morgan fingerprint density at radius 3 is 2.54 bits per heavy atom. The van der Waals surface area contributed by atoms with Crippen molar-refractivity contribution in [3.63, 3.8) is 0 Å². The molecule has 1 saturated carbocycles. The molecule has 0 bridgehead atoms. The summed E-state index contributed by atoms with van der Waals surface area (Å²) in [5.74, 6) is 0.353. The zero-order valence-corrected chi connectivity index (χ0v) is 15.7. The standard InChI is InChI=1S/C18H27N3O5/c1-18(2,3)25-17(24)20-10-9-13-14(11-20)26-21(15(13)22)16(23)19-12-7-5-4-6-8-12/h12H,4-11H2,1-3H3,(H,19,23). The topological polar surface area (TPSA) is 93.8 Å². The van der Waals surface area contributed by atoms with E-state index in [0.29, 0.717) is 24.3 Å². The Bertz CT molecular complexity index is 737. The number of nitrogens with zero attached hydrogens (tertiary/aromatic N) is 2. The summed E-state index contributed by atoms with van der Waals surface area (Å²) in [6.07, 6.45) is 5.09. The van der Waals surface area contributed by atoms with Gasteiger partial charge in [-0.05, 0) is 40.0 Å². The normalized spacial score (nSPS) is 18.3. The molecule has 1 aliphatic heterocycles. The zero-order chi connectivity index (χ0) is 18.9. The number of hydrogen-bond donors (Lipinski definition) is 1. The number of nitrogens with one attached hydrogen (secondary N) is 1. The van der Waals surface area contributed by atoms with Crippen LogP contribution in [0.1, 0.15) is 64.2 Å². The predicted molar refractivity (Wildman–Crippen MR) is 94.1 cm³/mol. The number of fused-ring (bicyclic) bond motifs is 1. The highest BCUT2D eigenvalue weighted by atomic mass is 16.6.